The number of carbonyl (C=O) groups excluding carboxylic acids is 2. The van der Waals surface area contributed by atoms with Crippen LogP contribution in [-0.4, -0.2) is 41.2 Å². The van der Waals surface area contributed by atoms with Crippen molar-refractivity contribution in [2.75, 3.05) is 19.6 Å². The molecule has 4 nitrogen and oxygen atoms in total. The van der Waals surface area contributed by atoms with E-state index in [0.29, 0.717) is 5.91 Å². The molecule has 1 aromatic rings. The predicted molar refractivity (Wildman–Crippen MR) is 92.1 cm³/mol. The molecule has 3 rings (SSSR count). The summed E-state index contributed by atoms with van der Waals surface area (Å²) in [6, 6.07) is 4.49. The van der Waals surface area contributed by atoms with Gasteiger partial charge in [-0.25, -0.2) is 0 Å². The molecule has 0 aromatic carbocycles. The van der Waals surface area contributed by atoms with Gasteiger partial charge in [-0.3, -0.25) is 9.59 Å². The van der Waals surface area contributed by atoms with Crippen molar-refractivity contribution in [3.63, 3.8) is 0 Å². The van der Waals surface area contributed by atoms with Crippen LogP contribution in [0.2, 0.25) is 0 Å². The lowest BCUT2D eigenvalue weighted by Crippen LogP contribution is -2.45. The first-order valence-electron chi connectivity index (χ1n) is 8.70. The molecular weight excluding hydrogens is 308 g/mol. The van der Waals surface area contributed by atoms with Crippen molar-refractivity contribution in [1.82, 2.24) is 9.80 Å². The highest BCUT2D eigenvalue weighted by Crippen LogP contribution is 2.36. The fraction of sp³-hybridized carbons (Fsp3) is 0.667. The number of thiophene rings is 1. The number of carbonyl (C=O) groups is 2. The van der Waals surface area contributed by atoms with Crippen LogP contribution in [0, 0.1) is 11.8 Å². The third-order valence-corrected chi connectivity index (χ3v) is 6.03. The van der Waals surface area contributed by atoms with E-state index < -0.39 is 0 Å². The summed E-state index contributed by atoms with van der Waals surface area (Å²) in [5.74, 6) is 0.655. The first-order valence-corrected chi connectivity index (χ1v) is 9.58. The van der Waals surface area contributed by atoms with Gasteiger partial charge in [-0.2, -0.15) is 0 Å². The molecule has 2 amide bonds. The first kappa shape index (κ1) is 16.5. The summed E-state index contributed by atoms with van der Waals surface area (Å²) < 4.78 is 0. The SMILES string of the molecule is CC(C)C(=O)N1CCC(C(=O)N2CCCC2c2cccs2)CC1. The fourth-order valence-electron chi connectivity index (χ4n) is 3.75. The van der Waals surface area contributed by atoms with Crippen LogP contribution in [0.1, 0.15) is 50.4 Å². The summed E-state index contributed by atoms with van der Waals surface area (Å²) in [5.41, 5.74) is 0. The second kappa shape index (κ2) is 7.04. The summed E-state index contributed by atoms with van der Waals surface area (Å²) in [5, 5.41) is 2.09. The zero-order chi connectivity index (χ0) is 16.4. The smallest absolute Gasteiger partial charge is 0.226 e. The number of hydrogen-bond donors (Lipinski definition) is 0. The number of piperidine rings is 1. The molecule has 23 heavy (non-hydrogen) atoms. The fourth-order valence-corrected chi connectivity index (χ4v) is 4.63. The average Bonchev–Trinajstić information content (AvgIpc) is 3.24. The van der Waals surface area contributed by atoms with Gasteiger partial charge in [-0.15, -0.1) is 11.3 Å². The van der Waals surface area contributed by atoms with E-state index in [1.54, 1.807) is 11.3 Å². The van der Waals surface area contributed by atoms with Crippen LogP contribution >= 0.6 is 11.3 Å². The molecule has 0 aliphatic carbocycles. The van der Waals surface area contributed by atoms with Crippen molar-refractivity contribution < 1.29 is 9.59 Å². The molecule has 2 aliphatic rings. The minimum absolute atomic E-state index is 0.0454. The Morgan fingerprint density at radius 3 is 2.52 bits per heavy atom. The standard InChI is InChI=1S/C18H26N2O2S/c1-13(2)17(21)19-10-7-14(8-11-19)18(22)20-9-3-5-15(20)16-6-4-12-23-16/h4,6,12-15H,3,5,7-11H2,1-2H3. The van der Waals surface area contributed by atoms with Gasteiger partial charge >= 0.3 is 0 Å². The maximum Gasteiger partial charge on any atom is 0.226 e. The van der Waals surface area contributed by atoms with Crippen molar-refractivity contribution in [3.8, 4) is 0 Å². The van der Waals surface area contributed by atoms with Crippen LogP contribution in [0.5, 0.6) is 0 Å². The second-order valence-corrected chi connectivity index (χ2v) is 7.94. The number of amides is 2. The topological polar surface area (TPSA) is 40.6 Å². The predicted octanol–water partition coefficient (Wildman–Crippen LogP) is 3.31. The average molecular weight is 334 g/mol. The van der Waals surface area contributed by atoms with E-state index in [4.69, 9.17) is 0 Å². The summed E-state index contributed by atoms with van der Waals surface area (Å²) in [7, 11) is 0. The Balaban J connectivity index is 1.60. The van der Waals surface area contributed by atoms with Gasteiger partial charge < -0.3 is 9.80 Å². The van der Waals surface area contributed by atoms with Crippen LogP contribution in [0.25, 0.3) is 0 Å². The number of nitrogens with zero attached hydrogens (tertiary/aromatic N) is 2. The molecule has 0 N–H and O–H groups in total. The Hall–Kier alpha value is -1.36. The van der Waals surface area contributed by atoms with Gasteiger partial charge in [0.2, 0.25) is 11.8 Å². The van der Waals surface area contributed by atoms with Gasteiger partial charge in [0.05, 0.1) is 6.04 Å². The van der Waals surface area contributed by atoms with E-state index in [0.717, 1.165) is 45.3 Å². The third kappa shape index (κ3) is 3.44. The normalized spacial score (nSPS) is 22.8. The summed E-state index contributed by atoms with van der Waals surface area (Å²) in [6.45, 7) is 6.22. The third-order valence-electron chi connectivity index (χ3n) is 5.06. The largest absolute Gasteiger partial charge is 0.342 e. The quantitative estimate of drug-likeness (QED) is 0.851. The van der Waals surface area contributed by atoms with Gasteiger partial charge in [-0.05, 0) is 37.1 Å². The van der Waals surface area contributed by atoms with Crippen molar-refractivity contribution >= 4 is 23.2 Å². The zero-order valence-electron chi connectivity index (χ0n) is 14.0. The molecule has 1 atom stereocenters. The minimum atomic E-state index is 0.0454. The minimum Gasteiger partial charge on any atom is -0.342 e. The van der Waals surface area contributed by atoms with E-state index in [9.17, 15) is 9.59 Å². The molecule has 0 saturated carbocycles. The van der Waals surface area contributed by atoms with E-state index in [1.807, 2.05) is 18.7 Å². The molecule has 5 heteroatoms. The molecule has 2 fully saturated rings. The van der Waals surface area contributed by atoms with Crippen LogP contribution in [0.15, 0.2) is 17.5 Å². The Bertz CT molecular complexity index is 547. The molecule has 0 spiro atoms. The molecule has 2 saturated heterocycles. The first-order chi connectivity index (χ1) is 11.1. The maximum absolute atomic E-state index is 12.9. The second-order valence-electron chi connectivity index (χ2n) is 6.96. The van der Waals surface area contributed by atoms with Gasteiger partial charge in [0.15, 0.2) is 0 Å². The summed E-state index contributed by atoms with van der Waals surface area (Å²) in [6.07, 6.45) is 3.80. The molecule has 1 unspecified atom stereocenters. The lowest BCUT2D eigenvalue weighted by Gasteiger charge is -2.35. The van der Waals surface area contributed by atoms with Crippen molar-refractivity contribution in [1.29, 1.82) is 0 Å². The number of hydrogen-bond acceptors (Lipinski definition) is 3. The van der Waals surface area contributed by atoms with Crippen molar-refractivity contribution in [2.24, 2.45) is 11.8 Å². The van der Waals surface area contributed by atoms with Crippen molar-refractivity contribution in [2.45, 2.75) is 45.6 Å². The maximum atomic E-state index is 12.9. The van der Waals surface area contributed by atoms with Gasteiger partial charge in [0, 0.05) is 36.3 Å². The van der Waals surface area contributed by atoms with E-state index in [1.165, 1.54) is 4.88 Å². The van der Waals surface area contributed by atoms with Crippen molar-refractivity contribution in [3.05, 3.63) is 22.4 Å². The Morgan fingerprint density at radius 1 is 1.17 bits per heavy atom. The van der Waals surface area contributed by atoms with Crippen LogP contribution in [0.3, 0.4) is 0 Å². The Morgan fingerprint density at radius 2 is 1.91 bits per heavy atom. The zero-order valence-corrected chi connectivity index (χ0v) is 14.8. The summed E-state index contributed by atoms with van der Waals surface area (Å²) in [4.78, 5) is 30.3. The van der Waals surface area contributed by atoms with Crippen LogP contribution in [0.4, 0.5) is 0 Å². The molecule has 1 aromatic heterocycles. The van der Waals surface area contributed by atoms with Crippen LogP contribution < -0.4 is 0 Å². The molecule has 3 heterocycles. The van der Waals surface area contributed by atoms with Crippen LogP contribution in [-0.2, 0) is 9.59 Å². The van der Waals surface area contributed by atoms with Gasteiger partial charge in [0.25, 0.3) is 0 Å². The number of rotatable bonds is 3. The molecule has 2 aliphatic heterocycles. The highest BCUT2D eigenvalue weighted by Gasteiger charge is 2.36. The Labute approximate surface area is 142 Å². The highest BCUT2D eigenvalue weighted by atomic mass is 32.1. The van der Waals surface area contributed by atoms with E-state index in [2.05, 4.69) is 22.4 Å². The van der Waals surface area contributed by atoms with E-state index >= 15 is 0 Å². The molecule has 126 valence electrons. The Kier molecular flexibility index (Phi) is 5.05. The number of likely N-dealkylation sites (tertiary alicyclic amines) is 2. The molecule has 0 bridgehead atoms. The lowest BCUT2D eigenvalue weighted by atomic mass is 9.94. The molecule has 0 radical (unpaired) electrons. The lowest BCUT2D eigenvalue weighted by molar-refractivity contribution is -0.142. The summed E-state index contributed by atoms with van der Waals surface area (Å²) >= 11 is 1.75. The van der Waals surface area contributed by atoms with Gasteiger partial charge in [0.1, 0.15) is 0 Å². The van der Waals surface area contributed by atoms with Gasteiger partial charge in [-0.1, -0.05) is 19.9 Å². The highest BCUT2D eigenvalue weighted by molar-refractivity contribution is 7.10. The van der Waals surface area contributed by atoms with E-state index in [-0.39, 0.29) is 23.8 Å². The monoisotopic (exact) mass is 334 g/mol. The molecular formula is C18H26N2O2S.